The molecule has 0 aromatic heterocycles. The molecule has 0 saturated carbocycles. The van der Waals surface area contributed by atoms with E-state index in [1.54, 1.807) is 17.6 Å². The molecule has 23 heavy (non-hydrogen) atoms. The number of nitrogens with one attached hydrogen (secondary N) is 1. The van der Waals surface area contributed by atoms with Crippen LogP contribution in [0.15, 0.2) is 42.5 Å². The number of hydroxylamine groups is 1. The van der Waals surface area contributed by atoms with E-state index in [0.29, 0.717) is 23.6 Å². The van der Waals surface area contributed by atoms with Gasteiger partial charge in [0.2, 0.25) is 5.91 Å². The summed E-state index contributed by atoms with van der Waals surface area (Å²) in [5.74, 6) is 1.09. The van der Waals surface area contributed by atoms with Crippen molar-refractivity contribution in [3.05, 3.63) is 58.6 Å². The van der Waals surface area contributed by atoms with Crippen LogP contribution in [-0.2, 0) is 17.6 Å². The van der Waals surface area contributed by atoms with Gasteiger partial charge in [0.25, 0.3) is 0 Å². The predicted molar refractivity (Wildman–Crippen MR) is 88.0 cm³/mol. The van der Waals surface area contributed by atoms with E-state index in [1.807, 2.05) is 37.3 Å². The summed E-state index contributed by atoms with van der Waals surface area (Å²) in [6.07, 6.45) is 2.09. The van der Waals surface area contributed by atoms with Crippen LogP contribution >= 0.6 is 11.6 Å². The number of ether oxygens (including phenoxy) is 1. The number of hydrogen-bond donors (Lipinski definition) is 2. The highest BCUT2D eigenvalue weighted by Crippen LogP contribution is 2.37. The Morgan fingerprint density at radius 2 is 1.87 bits per heavy atom. The number of carbonyl (C=O) groups is 1. The molecule has 120 valence electrons. The lowest BCUT2D eigenvalue weighted by Gasteiger charge is -2.32. The fourth-order valence-corrected chi connectivity index (χ4v) is 3.09. The second-order valence-corrected chi connectivity index (χ2v) is 6.60. The number of rotatable bonds is 3. The van der Waals surface area contributed by atoms with Crippen molar-refractivity contribution in [2.75, 3.05) is 0 Å². The number of hydrogen-bond acceptors (Lipinski definition) is 3. The molecule has 4 nitrogen and oxygen atoms in total. The zero-order chi connectivity index (χ0) is 16.4. The van der Waals surface area contributed by atoms with Crippen molar-refractivity contribution in [2.24, 2.45) is 5.41 Å². The van der Waals surface area contributed by atoms with E-state index in [-0.39, 0.29) is 5.91 Å². The van der Waals surface area contributed by atoms with Gasteiger partial charge in [-0.3, -0.25) is 10.0 Å². The molecule has 2 N–H and O–H groups in total. The molecule has 0 fully saturated rings. The van der Waals surface area contributed by atoms with Crippen molar-refractivity contribution in [1.82, 2.24) is 5.48 Å². The minimum absolute atomic E-state index is 0.341. The third-order valence-corrected chi connectivity index (χ3v) is 4.66. The first-order valence-corrected chi connectivity index (χ1v) is 7.88. The fraction of sp³-hybridized carbons (Fsp3) is 0.278. The first-order valence-electron chi connectivity index (χ1n) is 7.50. The van der Waals surface area contributed by atoms with E-state index in [9.17, 15) is 4.79 Å². The Morgan fingerprint density at radius 1 is 1.17 bits per heavy atom. The van der Waals surface area contributed by atoms with Gasteiger partial charge in [0.1, 0.15) is 11.5 Å². The Labute approximate surface area is 140 Å². The first-order chi connectivity index (χ1) is 11.0. The summed E-state index contributed by atoms with van der Waals surface area (Å²) in [5.41, 5.74) is 3.48. The van der Waals surface area contributed by atoms with Gasteiger partial charge in [-0.25, -0.2) is 5.48 Å². The maximum atomic E-state index is 11.9. The molecule has 0 aliphatic heterocycles. The van der Waals surface area contributed by atoms with Crippen LogP contribution in [0.5, 0.6) is 11.5 Å². The lowest BCUT2D eigenvalue weighted by molar-refractivity contribution is -0.139. The molecular weight excluding hydrogens is 314 g/mol. The van der Waals surface area contributed by atoms with E-state index >= 15 is 0 Å². The van der Waals surface area contributed by atoms with Gasteiger partial charge in [0.05, 0.1) is 5.41 Å². The largest absolute Gasteiger partial charge is 0.457 e. The average Bonchev–Trinajstić information content (AvgIpc) is 2.56. The van der Waals surface area contributed by atoms with Gasteiger partial charge in [-0.05, 0) is 66.8 Å². The van der Waals surface area contributed by atoms with Crippen LogP contribution < -0.4 is 10.2 Å². The molecule has 5 heteroatoms. The van der Waals surface area contributed by atoms with Gasteiger partial charge in [-0.15, -0.1) is 0 Å². The zero-order valence-electron chi connectivity index (χ0n) is 12.8. The number of carbonyl (C=O) groups excluding carboxylic acids is 1. The van der Waals surface area contributed by atoms with Crippen LogP contribution in [0.3, 0.4) is 0 Å². The minimum Gasteiger partial charge on any atom is -0.457 e. The molecule has 2 aromatic carbocycles. The quantitative estimate of drug-likeness (QED) is 0.656. The molecule has 3 rings (SSSR count). The third-order valence-electron chi connectivity index (χ3n) is 4.40. The molecule has 0 spiro atoms. The Hall–Kier alpha value is -2.04. The lowest BCUT2D eigenvalue weighted by Crippen LogP contribution is -2.41. The van der Waals surface area contributed by atoms with Crippen LogP contribution in [0.2, 0.25) is 5.02 Å². The van der Waals surface area contributed by atoms with E-state index in [2.05, 4.69) is 0 Å². The molecule has 0 saturated heterocycles. The van der Waals surface area contributed by atoms with Crippen molar-refractivity contribution in [3.63, 3.8) is 0 Å². The normalized spacial score (nSPS) is 19.8. The van der Waals surface area contributed by atoms with Crippen LogP contribution in [-0.4, -0.2) is 11.1 Å². The zero-order valence-corrected chi connectivity index (χ0v) is 13.6. The maximum absolute atomic E-state index is 11.9. The molecule has 0 radical (unpaired) electrons. The van der Waals surface area contributed by atoms with E-state index < -0.39 is 5.41 Å². The smallest absolute Gasteiger partial charge is 0.249 e. The van der Waals surface area contributed by atoms with E-state index in [0.717, 1.165) is 17.7 Å². The van der Waals surface area contributed by atoms with Crippen molar-refractivity contribution in [3.8, 4) is 11.5 Å². The molecule has 1 aliphatic carbocycles. The molecule has 1 aliphatic rings. The summed E-state index contributed by atoms with van der Waals surface area (Å²) in [5, 5.41) is 9.60. The van der Waals surface area contributed by atoms with Crippen LogP contribution in [0.1, 0.15) is 24.5 Å². The molecule has 0 bridgehead atoms. The molecule has 1 unspecified atom stereocenters. The summed E-state index contributed by atoms with van der Waals surface area (Å²) in [6.45, 7) is 1.87. The SMILES string of the molecule is CC1(C(=O)NO)CCc2ccc(Oc3ccc(Cl)cc3)cc2C1. The number of fused-ring (bicyclic) bond motifs is 1. The maximum Gasteiger partial charge on any atom is 0.249 e. The highest BCUT2D eigenvalue weighted by molar-refractivity contribution is 6.30. The summed E-state index contributed by atoms with van der Waals surface area (Å²) < 4.78 is 5.85. The lowest BCUT2D eigenvalue weighted by atomic mass is 9.72. The average molecular weight is 332 g/mol. The summed E-state index contributed by atoms with van der Waals surface area (Å²) in [6, 6.07) is 13.1. The summed E-state index contributed by atoms with van der Waals surface area (Å²) in [7, 11) is 0. The molecule has 2 aromatic rings. The molecule has 0 heterocycles. The standard InChI is InChI=1S/C18H18ClNO3/c1-18(17(21)20-22)9-8-12-2-5-16(10-13(12)11-18)23-15-6-3-14(19)4-7-15/h2-7,10,22H,8-9,11H2,1H3,(H,20,21). The second-order valence-electron chi connectivity index (χ2n) is 6.16. The van der Waals surface area contributed by atoms with Crippen molar-refractivity contribution < 1.29 is 14.7 Å². The monoisotopic (exact) mass is 331 g/mol. The predicted octanol–water partition coefficient (Wildman–Crippen LogP) is 4.13. The van der Waals surface area contributed by atoms with Gasteiger partial charge >= 0.3 is 0 Å². The first kappa shape index (κ1) is 15.8. The van der Waals surface area contributed by atoms with Gasteiger partial charge in [-0.2, -0.15) is 0 Å². The van der Waals surface area contributed by atoms with Crippen molar-refractivity contribution in [2.45, 2.75) is 26.2 Å². The Balaban J connectivity index is 1.83. The highest BCUT2D eigenvalue weighted by Gasteiger charge is 2.36. The van der Waals surface area contributed by atoms with Crippen molar-refractivity contribution >= 4 is 17.5 Å². The number of benzene rings is 2. The van der Waals surface area contributed by atoms with Gasteiger partial charge < -0.3 is 4.74 Å². The highest BCUT2D eigenvalue weighted by atomic mass is 35.5. The summed E-state index contributed by atoms with van der Waals surface area (Å²) in [4.78, 5) is 11.9. The van der Waals surface area contributed by atoms with E-state index in [4.69, 9.17) is 21.5 Å². The van der Waals surface area contributed by atoms with Crippen LogP contribution in [0, 0.1) is 5.41 Å². The second kappa shape index (κ2) is 6.22. The van der Waals surface area contributed by atoms with Gasteiger partial charge in [0, 0.05) is 5.02 Å². The summed E-state index contributed by atoms with van der Waals surface area (Å²) >= 11 is 5.87. The van der Waals surface area contributed by atoms with Gasteiger partial charge in [-0.1, -0.05) is 24.6 Å². The number of aryl methyl sites for hydroxylation is 1. The number of amides is 1. The van der Waals surface area contributed by atoms with Gasteiger partial charge in [0.15, 0.2) is 0 Å². The van der Waals surface area contributed by atoms with Crippen molar-refractivity contribution in [1.29, 1.82) is 0 Å². The Morgan fingerprint density at radius 3 is 2.57 bits per heavy atom. The topological polar surface area (TPSA) is 58.6 Å². The molecule has 1 amide bonds. The van der Waals surface area contributed by atoms with E-state index in [1.165, 1.54) is 5.56 Å². The van der Waals surface area contributed by atoms with Crippen LogP contribution in [0.4, 0.5) is 0 Å². The Bertz CT molecular complexity index is 730. The minimum atomic E-state index is -0.597. The number of halogens is 1. The third kappa shape index (κ3) is 3.33. The Kier molecular flexibility index (Phi) is 4.28. The fourth-order valence-electron chi connectivity index (χ4n) is 2.96. The molecular formula is C18H18ClNO3. The molecule has 1 atom stereocenters. The van der Waals surface area contributed by atoms with Crippen LogP contribution in [0.25, 0.3) is 0 Å².